The molecule has 1 saturated carbocycles. The summed E-state index contributed by atoms with van der Waals surface area (Å²) in [5.41, 5.74) is 0.578. The van der Waals surface area contributed by atoms with E-state index in [-0.39, 0.29) is 69.6 Å². The molecule has 0 spiro atoms. The van der Waals surface area contributed by atoms with Crippen LogP contribution >= 0.6 is 0 Å². The Balaban J connectivity index is 1.15. The van der Waals surface area contributed by atoms with Gasteiger partial charge in [0.2, 0.25) is 5.88 Å². The third-order valence-electron chi connectivity index (χ3n) is 11.7. The normalized spacial score (nSPS) is 25.1. The number of aryl methyl sites for hydroxylation is 1. The summed E-state index contributed by atoms with van der Waals surface area (Å²) in [5, 5.41) is 15.8. The number of anilines is 1. The molecule has 2 N–H and O–H groups in total. The SMILES string of the molecule is CCc1c(F)ccc2cc(O)cc(-c3nc4c5c(nc(OCC6(CN7CCC(=C(F)F)CC7)CC6)nc5c3F)N3C[C@H]5CC[C@H](N5)[C@H]3[C@H](C)O4)c12. The number of piperazine rings is 1. The van der Waals surface area contributed by atoms with Gasteiger partial charge in [0.25, 0.3) is 6.08 Å². The lowest BCUT2D eigenvalue weighted by atomic mass is 9.94. The number of nitrogens with zero attached hydrogens (tertiary/aromatic N) is 5. The number of halogens is 4. The van der Waals surface area contributed by atoms with Crippen molar-refractivity contribution in [2.45, 2.75) is 83.0 Å². The van der Waals surface area contributed by atoms with E-state index in [1.54, 1.807) is 6.07 Å². The standard InChI is InChI=1S/C38H40F4N6O3/c1-3-24-26(39)6-4-21-14-23(49)15-25(28(21)24)31-30(40)32-29-35(48-16-22-5-7-27(43-22)33(48)19(2)51-36(29)44-31)46-37(45-32)50-18-38(10-11-38)17-47-12-8-20(9-13-47)34(41)42/h4,6,14-15,19,22,27,33,43,49H,3,5,7-13,16-18H2,1-2H3/t19-,22+,27-,33+/m0/s1. The Bertz CT molecular complexity index is 2090. The molecule has 4 aromatic rings. The van der Waals surface area contributed by atoms with Gasteiger partial charge in [-0.3, -0.25) is 0 Å². The van der Waals surface area contributed by atoms with Crippen LogP contribution in [0.25, 0.3) is 32.9 Å². The summed E-state index contributed by atoms with van der Waals surface area (Å²) in [6.07, 6.45) is 2.99. The summed E-state index contributed by atoms with van der Waals surface area (Å²) in [6, 6.07) is 6.17. The Hall–Kier alpha value is -4.23. The maximum absolute atomic E-state index is 17.2. The van der Waals surface area contributed by atoms with E-state index in [2.05, 4.69) is 20.1 Å². The predicted molar refractivity (Wildman–Crippen MR) is 184 cm³/mol. The third kappa shape index (κ3) is 5.54. The second-order valence-corrected chi connectivity index (χ2v) is 15.0. The zero-order valence-electron chi connectivity index (χ0n) is 28.6. The Morgan fingerprint density at radius 1 is 1.08 bits per heavy atom. The molecule has 2 aromatic carbocycles. The molecule has 1 aliphatic carbocycles. The largest absolute Gasteiger partial charge is 0.508 e. The van der Waals surface area contributed by atoms with Crippen molar-refractivity contribution in [3.8, 4) is 28.9 Å². The number of pyridine rings is 1. The number of fused-ring (bicyclic) bond motifs is 6. The molecule has 4 fully saturated rings. The molecule has 2 aromatic heterocycles. The molecule has 0 unspecified atom stereocenters. The van der Waals surface area contributed by atoms with E-state index in [0.29, 0.717) is 73.0 Å². The number of rotatable bonds is 7. The van der Waals surface area contributed by atoms with Gasteiger partial charge in [-0.25, -0.2) is 13.8 Å². The maximum atomic E-state index is 17.2. The van der Waals surface area contributed by atoms with Crippen molar-refractivity contribution >= 4 is 27.5 Å². The van der Waals surface area contributed by atoms with Crippen molar-refractivity contribution in [2.75, 3.05) is 37.7 Å². The number of phenols is 1. The van der Waals surface area contributed by atoms with Crippen LogP contribution in [-0.2, 0) is 6.42 Å². The number of benzene rings is 2. The summed E-state index contributed by atoms with van der Waals surface area (Å²) in [5.74, 6) is -0.596. The molecular formula is C38H40F4N6O3. The fraction of sp³-hybridized carbons (Fsp3) is 0.500. The first-order valence-corrected chi connectivity index (χ1v) is 18.0. The van der Waals surface area contributed by atoms with Crippen LogP contribution in [0, 0.1) is 17.0 Å². The minimum atomic E-state index is -1.56. The highest BCUT2D eigenvalue weighted by molar-refractivity contribution is 6.03. The van der Waals surface area contributed by atoms with Crippen LogP contribution in [0.5, 0.6) is 17.6 Å². The Kier molecular flexibility index (Phi) is 7.80. The number of aromatic nitrogens is 3. The maximum Gasteiger partial charge on any atom is 0.319 e. The van der Waals surface area contributed by atoms with Gasteiger partial charge in [0, 0.05) is 49.2 Å². The minimum Gasteiger partial charge on any atom is -0.508 e. The lowest BCUT2D eigenvalue weighted by Crippen LogP contribution is -2.62. The Morgan fingerprint density at radius 3 is 2.63 bits per heavy atom. The number of likely N-dealkylation sites (tertiary alicyclic amines) is 1. The van der Waals surface area contributed by atoms with E-state index in [9.17, 15) is 13.9 Å². The van der Waals surface area contributed by atoms with E-state index >= 15 is 8.78 Å². The lowest BCUT2D eigenvalue weighted by Gasteiger charge is -2.42. The quantitative estimate of drug-likeness (QED) is 0.200. The Labute approximate surface area is 292 Å². The first-order valence-electron chi connectivity index (χ1n) is 18.0. The molecule has 9 nitrogen and oxygen atoms in total. The van der Waals surface area contributed by atoms with Crippen LogP contribution in [-0.4, -0.2) is 82.0 Å². The highest BCUT2D eigenvalue weighted by atomic mass is 19.3. The molecular weight excluding hydrogens is 664 g/mol. The van der Waals surface area contributed by atoms with Crippen LogP contribution < -0.4 is 19.7 Å². The predicted octanol–water partition coefficient (Wildman–Crippen LogP) is 6.89. The van der Waals surface area contributed by atoms with E-state index in [1.165, 1.54) is 18.2 Å². The van der Waals surface area contributed by atoms with Crippen LogP contribution in [0.3, 0.4) is 0 Å². The van der Waals surface area contributed by atoms with Gasteiger partial charge < -0.3 is 29.7 Å². The Morgan fingerprint density at radius 2 is 1.88 bits per heavy atom. The topological polar surface area (TPSA) is 95.9 Å². The van der Waals surface area contributed by atoms with Crippen molar-refractivity contribution < 1.29 is 32.1 Å². The molecule has 51 heavy (non-hydrogen) atoms. The summed E-state index contributed by atoms with van der Waals surface area (Å²) in [4.78, 5) is 18.8. The van der Waals surface area contributed by atoms with E-state index in [1.807, 2.05) is 13.8 Å². The number of piperidine rings is 1. The molecule has 6 heterocycles. The molecule has 13 heteroatoms. The molecule has 9 rings (SSSR count). The summed E-state index contributed by atoms with van der Waals surface area (Å²) in [6.45, 7) is 6.64. The fourth-order valence-electron chi connectivity index (χ4n) is 8.95. The van der Waals surface area contributed by atoms with Gasteiger partial charge in [0.1, 0.15) is 40.1 Å². The van der Waals surface area contributed by atoms with Gasteiger partial charge in [-0.1, -0.05) is 13.0 Å². The molecule has 4 atom stereocenters. The molecule has 0 radical (unpaired) electrons. The van der Waals surface area contributed by atoms with Gasteiger partial charge in [-0.05, 0) is 92.0 Å². The van der Waals surface area contributed by atoms with Gasteiger partial charge in [0.05, 0.1) is 12.6 Å². The van der Waals surface area contributed by atoms with Gasteiger partial charge in [0.15, 0.2) is 5.82 Å². The summed E-state index contributed by atoms with van der Waals surface area (Å²) < 4.78 is 71.6. The average Bonchev–Trinajstić information content (AvgIpc) is 3.81. The van der Waals surface area contributed by atoms with Crippen molar-refractivity contribution in [3.05, 3.63) is 53.1 Å². The molecule has 2 bridgehead atoms. The number of nitrogens with one attached hydrogen (secondary N) is 1. The first kappa shape index (κ1) is 32.7. The lowest BCUT2D eigenvalue weighted by molar-refractivity contribution is 0.146. The minimum absolute atomic E-state index is 0.0203. The van der Waals surface area contributed by atoms with Crippen molar-refractivity contribution in [1.29, 1.82) is 0 Å². The van der Waals surface area contributed by atoms with Crippen molar-refractivity contribution in [1.82, 2.24) is 25.2 Å². The number of phenolic OH excluding ortho intramolecular Hbond substituents is 1. The smallest absolute Gasteiger partial charge is 0.319 e. The zero-order valence-corrected chi connectivity index (χ0v) is 28.6. The molecule has 5 aliphatic rings. The van der Waals surface area contributed by atoms with Gasteiger partial charge >= 0.3 is 6.01 Å². The van der Waals surface area contributed by atoms with Crippen molar-refractivity contribution in [3.63, 3.8) is 0 Å². The molecule has 4 aliphatic heterocycles. The summed E-state index contributed by atoms with van der Waals surface area (Å²) in [7, 11) is 0. The monoisotopic (exact) mass is 704 g/mol. The molecule has 0 amide bonds. The molecule has 268 valence electrons. The van der Waals surface area contributed by atoms with Crippen LogP contribution in [0.4, 0.5) is 23.4 Å². The first-order chi connectivity index (χ1) is 24.6. The van der Waals surface area contributed by atoms with Crippen molar-refractivity contribution in [2.24, 2.45) is 5.41 Å². The highest BCUT2D eigenvalue weighted by Crippen LogP contribution is 2.49. The van der Waals surface area contributed by atoms with Crippen LogP contribution in [0.1, 0.15) is 57.9 Å². The van der Waals surface area contributed by atoms with Crippen LogP contribution in [0.15, 0.2) is 35.9 Å². The zero-order chi connectivity index (χ0) is 35.2. The van der Waals surface area contributed by atoms with E-state index in [4.69, 9.17) is 19.4 Å². The number of hydrogen-bond acceptors (Lipinski definition) is 9. The number of aromatic hydroxyl groups is 1. The second-order valence-electron chi connectivity index (χ2n) is 15.0. The van der Waals surface area contributed by atoms with Gasteiger partial charge in [-0.15, -0.1) is 0 Å². The second kappa shape index (κ2) is 12.2. The average molecular weight is 705 g/mol. The fourth-order valence-corrected chi connectivity index (χ4v) is 8.95. The number of hydrogen-bond donors (Lipinski definition) is 2. The number of ether oxygens (including phenoxy) is 2. The molecule has 3 saturated heterocycles. The highest BCUT2D eigenvalue weighted by Gasteiger charge is 2.48. The summed E-state index contributed by atoms with van der Waals surface area (Å²) >= 11 is 0. The van der Waals surface area contributed by atoms with E-state index < -0.39 is 17.7 Å². The van der Waals surface area contributed by atoms with Crippen LogP contribution in [0.2, 0.25) is 0 Å². The van der Waals surface area contributed by atoms with E-state index in [0.717, 1.165) is 32.2 Å². The van der Waals surface area contributed by atoms with Gasteiger partial charge in [-0.2, -0.15) is 18.7 Å². The third-order valence-corrected chi connectivity index (χ3v) is 11.7.